The topological polar surface area (TPSA) is 42.0 Å². The SMILES string of the molecule is O=C1N(c2ccc(Oc3ccc(Cl)cc3)cc2)CCN1c1cccc(OCc2ccccc2)c1. The second kappa shape index (κ2) is 9.89. The summed E-state index contributed by atoms with van der Waals surface area (Å²) < 4.78 is 11.8. The molecular weight excluding hydrogens is 448 g/mol. The first-order valence-corrected chi connectivity index (χ1v) is 11.4. The van der Waals surface area contributed by atoms with Crippen LogP contribution in [0.5, 0.6) is 17.2 Å². The molecule has 1 heterocycles. The molecule has 0 saturated carbocycles. The monoisotopic (exact) mass is 470 g/mol. The van der Waals surface area contributed by atoms with Gasteiger partial charge in [-0.25, -0.2) is 4.79 Å². The van der Waals surface area contributed by atoms with Gasteiger partial charge in [-0.05, 0) is 66.2 Å². The zero-order valence-electron chi connectivity index (χ0n) is 18.4. The Hall–Kier alpha value is -3.96. The van der Waals surface area contributed by atoms with Gasteiger partial charge in [-0.15, -0.1) is 0 Å². The fraction of sp³-hybridized carbons (Fsp3) is 0.107. The number of anilines is 2. The number of ether oxygens (including phenoxy) is 2. The van der Waals surface area contributed by atoms with Crippen LogP contribution in [0, 0.1) is 0 Å². The normalized spacial score (nSPS) is 13.3. The van der Waals surface area contributed by atoms with Gasteiger partial charge in [0.15, 0.2) is 0 Å². The molecule has 1 aliphatic rings. The van der Waals surface area contributed by atoms with E-state index in [1.54, 1.807) is 21.9 Å². The number of halogens is 1. The minimum Gasteiger partial charge on any atom is -0.489 e. The smallest absolute Gasteiger partial charge is 0.329 e. The van der Waals surface area contributed by atoms with Crippen molar-refractivity contribution in [1.82, 2.24) is 0 Å². The fourth-order valence-electron chi connectivity index (χ4n) is 3.83. The van der Waals surface area contributed by atoms with E-state index in [0.29, 0.717) is 36.2 Å². The van der Waals surface area contributed by atoms with E-state index in [1.165, 1.54) is 0 Å². The molecule has 0 N–H and O–H groups in total. The van der Waals surface area contributed by atoms with Gasteiger partial charge in [-0.3, -0.25) is 9.80 Å². The van der Waals surface area contributed by atoms with Crippen molar-refractivity contribution in [2.45, 2.75) is 6.61 Å². The van der Waals surface area contributed by atoms with Gasteiger partial charge in [-0.1, -0.05) is 48.0 Å². The van der Waals surface area contributed by atoms with Crippen LogP contribution in [0.4, 0.5) is 16.2 Å². The van der Waals surface area contributed by atoms with Crippen molar-refractivity contribution in [3.05, 3.63) is 114 Å². The van der Waals surface area contributed by atoms with Crippen molar-refractivity contribution in [1.29, 1.82) is 0 Å². The lowest BCUT2D eigenvalue weighted by Gasteiger charge is -2.19. The Balaban J connectivity index is 1.24. The standard InChI is InChI=1S/C28H23ClN2O3/c29-22-9-13-25(14-10-22)34-26-15-11-23(12-16-26)30-17-18-31(28(30)32)24-7-4-8-27(19-24)33-20-21-5-2-1-3-6-21/h1-16,19H,17-18,20H2. The molecule has 0 spiro atoms. The Kier molecular flexibility index (Phi) is 6.36. The van der Waals surface area contributed by atoms with Gasteiger partial charge in [0.05, 0.1) is 0 Å². The third-order valence-corrected chi connectivity index (χ3v) is 5.84. The molecule has 4 aromatic rings. The summed E-state index contributed by atoms with van der Waals surface area (Å²) in [6, 6.07) is 32.3. The van der Waals surface area contributed by atoms with Crippen LogP contribution in [0.1, 0.15) is 5.56 Å². The predicted molar refractivity (Wildman–Crippen MR) is 135 cm³/mol. The van der Waals surface area contributed by atoms with Gasteiger partial charge < -0.3 is 9.47 Å². The molecule has 4 aromatic carbocycles. The Labute approximate surface area is 203 Å². The summed E-state index contributed by atoms with van der Waals surface area (Å²) in [5, 5.41) is 0.660. The number of hydrogen-bond donors (Lipinski definition) is 0. The van der Waals surface area contributed by atoms with E-state index in [0.717, 1.165) is 22.7 Å². The average molecular weight is 471 g/mol. The molecule has 5 rings (SSSR count). The van der Waals surface area contributed by atoms with Gasteiger partial charge in [-0.2, -0.15) is 0 Å². The Morgan fingerprint density at radius 2 is 1.32 bits per heavy atom. The van der Waals surface area contributed by atoms with Crippen molar-refractivity contribution >= 4 is 29.0 Å². The first-order valence-electron chi connectivity index (χ1n) is 11.0. The maximum atomic E-state index is 13.2. The first-order chi connectivity index (χ1) is 16.7. The summed E-state index contributed by atoms with van der Waals surface area (Å²) in [6.45, 7) is 1.68. The highest BCUT2D eigenvalue weighted by atomic mass is 35.5. The first kappa shape index (κ1) is 21.9. The molecule has 0 bridgehead atoms. The molecule has 6 heteroatoms. The molecule has 0 radical (unpaired) electrons. The largest absolute Gasteiger partial charge is 0.489 e. The summed E-state index contributed by atoms with van der Waals surface area (Å²) in [7, 11) is 0. The Bertz CT molecular complexity index is 1260. The molecule has 0 unspecified atom stereocenters. The van der Waals surface area contributed by atoms with Crippen LogP contribution >= 0.6 is 11.6 Å². The number of rotatable bonds is 7. The van der Waals surface area contributed by atoms with E-state index in [4.69, 9.17) is 21.1 Å². The Morgan fingerprint density at radius 3 is 2.03 bits per heavy atom. The summed E-state index contributed by atoms with van der Waals surface area (Å²) in [5.74, 6) is 2.13. The van der Waals surface area contributed by atoms with E-state index in [9.17, 15) is 4.79 Å². The lowest BCUT2D eigenvalue weighted by atomic mass is 10.2. The van der Waals surface area contributed by atoms with E-state index in [-0.39, 0.29) is 6.03 Å². The summed E-state index contributed by atoms with van der Waals surface area (Å²) >= 11 is 5.92. The summed E-state index contributed by atoms with van der Waals surface area (Å²) in [5.41, 5.74) is 2.74. The van der Waals surface area contributed by atoms with Crippen LogP contribution in [-0.2, 0) is 6.61 Å². The molecule has 0 aromatic heterocycles. The number of urea groups is 1. The molecule has 0 aliphatic carbocycles. The van der Waals surface area contributed by atoms with Gasteiger partial charge >= 0.3 is 6.03 Å². The molecule has 2 amide bonds. The van der Waals surface area contributed by atoms with Crippen LogP contribution in [0.2, 0.25) is 5.02 Å². The fourth-order valence-corrected chi connectivity index (χ4v) is 3.96. The number of amides is 2. The lowest BCUT2D eigenvalue weighted by molar-refractivity contribution is 0.256. The van der Waals surface area contributed by atoms with Crippen molar-refractivity contribution in [2.24, 2.45) is 0 Å². The number of carbonyl (C=O) groups is 1. The predicted octanol–water partition coefficient (Wildman–Crippen LogP) is 7.16. The van der Waals surface area contributed by atoms with E-state index in [1.807, 2.05) is 91.0 Å². The van der Waals surface area contributed by atoms with Crippen molar-refractivity contribution in [2.75, 3.05) is 22.9 Å². The number of nitrogens with zero attached hydrogens (tertiary/aromatic N) is 2. The van der Waals surface area contributed by atoms with Gasteiger partial charge in [0.2, 0.25) is 0 Å². The zero-order valence-corrected chi connectivity index (χ0v) is 19.2. The molecule has 170 valence electrons. The lowest BCUT2D eigenvalue weighted by Crippen LogP contribution is -2.31. The Morgan fingerprint density at radius 1 is 0.676 bits per heavy atom. The van der Waals surface area contributed by atoms with Crippen LogP contribution in [-0.4, -0.2) is 19.1 Å². The van der Waals surface area contributed by atoms with Crippen molar-refractivity contribution < 1.29 is 14.3 Å². The molecule has 1 aliphatic heterocycles. The maximum Gasteiger partial charge on any atom is 0.329 e. The molecular formula is C28H23ClN2O3. The van der Waals surface area contributed by atoms with Crippen LogP contribution < -0.4 is 19.3 Å². The summed E-state index contributed by atoms with van der Waals surface area (Å²) in [4.78, 5) is 16.7. The minimum atomic E-state index is -0.0634. The number of carbonyl (C=O) groups excluding carboxylic acids is 1. The van der Waals surface area contributed by atoms with Crippen LogP contribution in [0.25, 0.3) is 0 Å². The van der Waals surface area contributed by atoms with Crippen molar-refractivity contribution in [3.8, 4) is 17.2 Å². The second-order valence-electron chi connectivity index (χ2n) is 7.91. The highest BCUT2D eigenvalue weighted by molar-refractivity contribution is 6.30. The molecule has 5 nitrogen and oxygen atoms in total. The van der Waals surface area contributed by atoms with E-state index < -0.39 is 0 Å². The zero-order chi connectivity index (χ0) is 23.3. The van der Waals surface area contributed by atoms with Gasteiger partial charge in [0.1, 0.15) is 23.9 Å². The van der Waals surface area contributed by atoms with Crippen molar-refractivity contribution in [3.63, 3.8) is 0 Å². The molecule has 1 fully saturated rings. The van der Waals surface area contributed by atoms with Crippen LogP contribution in [0.3, 0.4) is 0 Å². The number of benzene rings is 4. The average Bonchev–Trinajstić information content (AvgIpc) is 3.27. The third kappa shape index (κ3) is 5.00. The molecule has 34 heavy (non-hydrogen) atoms. The number of hydrogen-bond acceptors (Lipinski definition) is 3. The quantitative estimate of drug-likeness (QED) is 0.288. The maximum absolute atomic E-state index is 13.2. The third-order valence-electron chi connectivity index (χ3n) is 5.58. The summed E-state index contributed by atoms with van der Waals surface area (Å²) in [6.07, 6.45) is 0. The highest BCUT2D eigenvalue weighted by Gasteiger charge is 2.30. The van der Waals surface area contributed by atoms with Gasteiger partial charge in [0.25, 0.3) is 0 Å². The van der Waals surface area contributed by atoms with E-state index >= 15 is 0 Å². The minimum absolute atomic E-state index is 0.0634. The van der Waals surface area contributed by atoms with Gasteiger partial charge in [0, 0.05) is 35.6 Å². The highest BCUT2D eigenvalue weighted by Crippen LogP contribution is 2.30. The molecule has 0 atom stereocenters. The van der Waals surface area contributed by atoms with Crippen LogP contribution in [0.15, 0.2) is 103 Å². The molecule has 1 saturated heterocycles. The second-order valence-corrected chi connectivity index (χ2v) is 8.34. The van der Waals surface area contributed by atoms with E-state index in [2.05, 4.69) is 0 Å².